The third-order valence-electron chi connectivity index (χ3n) is 8.16. The zero-order chi connectivity index (χ0) is 16.9. The quantitative estimate of drug-likeness (QED) is 0.432. The van der Waals surface area contributed by atoms with Gasteiger partial charge >= 0.3 is 0 Å². The maximum atomic E-state index is 11.1. The topological polar surface area (TPSA) is 52.8 Å². The van der Waals surface area contributed by atoms with Crippen molar-refractivity contribution in [2.24, 2.45) is 34.2 Å². The molecule has 0 spiro atoms. The first-order valence-corrected chi connectivity index (χ1v) is 9.70. The first-order chi connectivity index (χ1) is 11.6. The number of aliphatic hydroxyl groups is 1. The molecule has 0 heterocycles. The molecule has 0 aromatic rings. The lowest BCUT2D eigenvalue weighted by molar-refractivity contribution is -0.0989. The number of nitrogens with zero attached hydrogens (tertiary/aromatic N) is 1. The lowest BCUT2D eigenvalue weighted by Crippen LogP contribution is -2.53. The second-order valence-corrected chi connectivity index (χ2v) is 8.52. The van der Waals surface area contributed by atoms with Crippen molar-refractivity contribution in [3.05, 3.63) is 11.6 Å². The number of terminal acetylenes is 1. The SMILES string of the molecule is C#C[C@]1(O)CC[C@H]2[C@@H]3CCC4=C/C(=N\O)CC[C@@H]4[C@H]3CC[C@]21CC. The second-order valence-electron chi connectivity index (χ2n) is 8.52. The lowest BCUT2D eigenvalue weighted by atomic mass is 9.49. The van der Waals surface area contributed by atoms with Crippen molar-refractivity contribution in [1.82, 2.24) is 0 Å². The number of hydrogen-bond donors (Lipinski definition) is 2. The average molecular weight is 327 g/mol. The van der Waals surface area contributed by atoms with Crippen LogP contribution < -0.4 is 0 Å². The molecule has 0 aromatic heterocycles. The van der Waals surface area contributed by atoms with Crippen LogP contribution in [0.5, 0.6) is 0 Å². The highest BCUT2D eigenvalue weighted by molar-refractivity contribution is 5.96. The van der Waals surface area contributed by atoms with Gasteiger partial charge in [-0.25, -0.2) is 0 Å². The maximum absolute atomic E-state index is 11.1. The largest absolute Gasteiger partial charge is 0.411 e. The van der Waals surface area contributed by atoms with Crippen molar-refractivity contribution in [2.45, 2.75) is 70.3 Å². The molecule has 130 valence electrons. The molecule has 2 N–H and O–H groups in total. The van der Waals surface area contributed by atoms with E-state index >= 15 is 0 Å². The molecule has 0 radical (unpaired) electrons. The van der Waals surface area contributed by atoms with Crippen LogP contribution >= 0.6 is 0 Å². The molecule has 4 aliphatic carbocycles. The summed E-state index contributed by atoms with van der Waals surface area (Å²) in [6.07, 6.45) is 17.4. The Balaban J connectivity index is 1.65. The summed E-state index contributed by atoms with van der Waals surface area (Å²) in [7, 11) is 0. The number of oxime groups is 1. The summed E-state index contributed by atoms with van der Waals surface area (Å²) >= 11 is 0. The smallest absolute Gasteiger partial charge is 0.131 e. The summed E-state index contributed by atoms with van der Waals surface area (Å²) in [4.78, 5) is 0. The van der Waals surface area contributed by atoms with E-state index in [1.807, 2.05) is 0 Å². The number of fused-ring (bicyclic) bond motifs is 5. The van der Waals surface area contributed by atoms with Gasteiger partial charge in [0.2, 0.25) is 0 Å². The number of allylic oxidation sites excluding steroid dienone is 2. The van der Waals surface area contributed by atoms with Gasteiger partial charge < -0.3 is 10.3 Å². The molecule has 6 atom stereocenters. The fourth-order valence-corrected chi connectivity index (χ4v) is 7.05. The van der Waals surface area contributed by atoms with E-state index in [9.17, 15) is 5.11 Å². The van der Waals surface area contributed by atoms with E-state index in [-0.39, 0.29) is 5.41 Å². The Bertz CT molecular complexity index is 630. The maximum Gasteiger partial charge on any atom is 0.131 e. The minimum Gasteiger partial charge on any atom is -0.411 e. The summed E-state index contributed by atoms with van der Waals surface area (Å²) in [6, 6.07) is 0. The van der Waals surface area contributed by atoms with Crippen molar-refractivity contribution in [2.75, 3.05) is 0 Å². The molecule has 0 aliphatic heterocycles. The standard InChI is InChI=1S/C21H29NO2/c1-3-20-11-9-17-16-8-6-15(22-24)13-14(16)5-7-18(17)19(20)10-12-21(20,23)4-2/h2,13,16-19,23-24H,3,5-12H2,1H3/b22-15-/t16-,17+,18+,19-,20+,21-/m0/s1. The van der Waals surface area contributed by atoms with Crippen LogP contribution in [0.1, 0.15) is 64.7 Å². The van der Waals surface area contributed by atoms with E-state index < -0.39 is 5.60 Å². The van der Waals surface area contributed by atoms with Gasteiger partial charge in [-0.1, -0.05) is 23.6 Å². The Morgan fingerprint density at radius 3 is 2.75 bits per heavy atom. The summed E-state index contributed by atoms with van der Waals surface area (Å²) in [5.74, 6) is 5.47. The predicted octanol–water partition coefficient (Wildman–Crippen LogP) is 4.14. The molecular weight excluding hydrogens is 298 g/mol. The van der Waals surface area contributed by atoms with Crippen LogP contribution in [0.2, 0.25) is 0 Å². The molecule has 0 saturated heterocycles. The van der Waals surface area contributed by atoms with Crippen LogP contribution in [0.25, 0.3) is 0 Å². The fraction of sp³-hybridized carbons (Fsp3) is 0.762. The molecule has 0 unspecified atom stereocenters. The first-order valence-electron chi connectivity index (χ1n) is 9.70. The average Bonchev–Trinajstić information content (AvgIpc) is 2.94. The van der Waals surface area contributed by atoms with E-state index in [1.165, 1.54) is 18.4 Å². The number of rotatable bonds is 1. The van der Waals surface area contributed by atoms with E-state index in [1.54, 1.807) is 0 Å². The van der Waals surface area contributed by atoms with Gasteiger partial charge in [0.15, 0.2) is 0 Å². The monoisotopic (exact) mass is 327 g/mol. The van der Waals surface area contributed by atoms with E-state index in [0.717, 1.165) is 56.6 Å². The Morgan fingerprint density at radius 2 is 2.04 bits per heavy atom. The Labute approximate surface area is 145 Å². The molecular formula is C21H29NO2. The van der Waals surface area contributed by atoms with E-state index in [4.69, 9.17) is 11.6 Å². The third kappa shape index (κ3) is 1.99. The van der Waals surface area contributed by atoms with Crippen LogP contribution in [-0.2, 0) is 0 Å². The second kappa shape index (κ2) is 5.63. The molecule has 0 bridgehead atoms. The highest BCUT2D eigenvalue weighted by Crippen LogP contribution is 2.66. The van der Waals surface area contributed by atoms with Crippen LogP contribution in [0.3, 0.4) is 0 Å². The predicted molar refractivity (Wildman–Crippen MR) is 94.7 cm³/mol. The van der Waals surface area contributed by atoms with Crippen molar-refractivity contribution in [3.63, 3.8) is 0 Å². The van der Waals surface area contributed by atoms with Gasteiger partial charge in [0, 0.05) is 5.41 Å². The lowest BCUT2D eigenvalue weighted by Gasteiger charge is -2.56. The Morgan fingerprint density at radius 1 is 1.21 bits per heavy atom. The molecule has 3 heteroatoms. The number of hydrogen-bond acceptors (Lipinski definition) is 3. The summed E-state index contributed by atoms with van der Waals surface area (Å²) in [5, 5.41) is 23.7. The van der Waals surface area contributed by atoms with Gasteiger partial charge in [0.05, 0.1) is 5.71 Å². The molecule has 3 saturated carbocycles. The van der Waals surface area contributed by atoms with Crippen LogP contribution in [0.4, 0.5) is 0 Å². The van der Waals surface area contributed by atoms with Gasteiger partial charge in [-0.05, 0) is 87.5 Å². The molecule has 4 aliphatic rings. The van der Waals surface area contributed by atoms with E-state index in [2.05, 4.69) is 24.1 Å². The molecule has 0 amide bonds. The minimum absolute atomic E-state index is 0.0590. The van der Waals surface area contributed by atoms with Crippen LogP contribution in [0, 0.1) is 41.4 Å². The minimum atomic E-state index is -0.892. The highest BCUT2D eigenvalue weighted by Gasteiger charge is 2.63. The molecule has 4 rings (SSSR count). The normalized spacial score (nSPS) is 48.9. The Kier molecular flexibility index (Phi) is 3.80. The van der Waals surface area contributed by atoms with Crippen LogP contribution in [-0.4, -0.2) is 21.6 Å². The molecule has 24 heavy (non-hydrogen) atoms. The van der Waals surface area contributed by atoms with Crippen molar-refractivity contribution in [1.29, 1.82) is 0 Å². The summed E-state index contributed by atoms with van der Waals surface area (Å²) in [5.41, 5.74) is 1.40. The molecule has 3 nitrogen and oxygen atoms in total. The highest BCUT2D eigenvalue weighted by atomic mass is 16.4. The molecule has 3 fully saturated rings. The zero-order valence-electron chi connectivity index (χ0n) is 14.7. The van der Waals surface area contributed by atoms with Gasteiger partial charge in [-0.2, -0.15) is 0 Å². The zero-order valence-corrected chi connectivity index (χ0v) is 14.7. The van der Waals surface area contributed by atoms with Crippen molar-refractivity contribution in [3.8, 4) is 12.3 Å². The Hall–Kier alpha value is -1.27. The summed E-state index contributed by atoms with van der Waals surface area (Å²) < 4.78 is 0. The van der Waals surface area contributed by atoms with E-state index in [0.29, 0.717) is 17.8 Å². The van der Waals surface area contributed by atoms with Gasteiger partial charge in [-0.3, -0.25) is 0 Å². The fourth-order valence-electron chi connectivity index (χ4n) is 7.05. The first kappa shape index (κ1) is 16.2. The van der Waals surface area contributed by atoms with Gasteiger partial charge in [0.25, 0.3) is 0 Å². The van der Waals surface area contributed by atoms with Crippen LogP contribution in [0.15, 0.2) is 16.8 Å². The third-order valence-corrected chi connectivity index (χ3v) is 8.16. The van der Waals surface area contributed by atoms with Crippen molar-refractivity contribution < 1.29 is 10.3 Å². The summed E-state index contributed by atoms with van der Waals surface area (Å²) in [6.45, 7) is 2.22. The molecule has 0 aromatic carbocycles. The van der Waals surface area contributed by atoms with Gasteiger partial charge in [0.1, 0.15) is 5.60 Å². The van der Waals surface area contributed by atoms with Gasteiger partial charge in [-0.15, -0.1) is 6.42 Å². The van der Waals surface area contributed by atoms with Crippen molar-refractivity contribution >= 4 is 5.71 Å².